The molecule has 1 aliphatic carbocycles. The molecule has 0 spiro atoms. The maximum absolute atomic E-state index is 12.5. The zero-order valence-corrected chi connectivity index (χ0v) is 13.0. The number of carbonyl (C=O) groups excluding carboxylic acids is 1. The number of hydrogen-bond donors (Lipinski definition) is 2. The van der Waals surface area contributed by atoms with Crippen molar-refractivity contribution in [2.45, 2.75) is 46.6 Å². The van der Waals surface area contributed by atoms with Crippen LogP contribution >= 0.6 is 0 Å². The first-order valence-corrected chi connectivity index (χ1v) is 7.11. The van der Waals surface area contributed by atoms with Crippen LogP contribution in [0.1, 0.15) is 41.0 Å². The molecule has 0 bridgehead atoms. The van der Waals surface area contributed by atoms with Gasteiger partial charge >= 0.3 is 0 Å². The summed E-state index contributed by atoms with van der Waals surface area (Å²) in [6.07, 6.45) is 2.23. The van der Waals surface area contributed by atoms with Gasteiger partial charge in [-0.05, 0) is 36.5 Å². The molecule has 20 heavy (non-hydrogen) atoms. The minimum absolute atomic E-state index is 0.0395. The average molecular weight is 276 g/mol. The minimum atomic E-state index is -1.09. The van der Waals surface area contributed by atoms with Gasteiger partial charge in [0.15, 0.2) is 5.78 Å². The van der Waals surface area contributed by atoms with Gasteiger partial charge in [0, 0.05) is 18.5 Å². The Morgan fingerprint density at radius 2 is 2.10 bits per heavy atom. The summed E-state index contributed by atoms with van der Waals surface area (Å²) in [5.74, 6) is 0.901. The Kier molecular flexibility index (Phi) is 3.63. The second kappa shape index (κ2) is 4.85. The van der Waals surface area contributed by atoms with Crippen LogP contribution in [0.15, 0.2) is 27.8 Å². The zero-order chi connectivity index (χ0) is 15.1. The molecule has 1 atom stereocenters. The zero-order valence-electron chi connectivity index (χ0n) is 13.0. The summed E-state index contributed by atoms with van der Waals surface area (Å²) in [5.41, 5.74) is 0.734. The van der Waals surface area contributed by atoms with Gasteiger partial charge in [0.25, 0.3) is 0 Å². The number of hydrogen-bond acceptors (Lipinski definition) is 4. The average Bonchev–Trinajstić information content (AvgIpc) is 2.81. The van der Waals surface area contributed by atoms with Crippen LogP contribution in [0.5, 0.6) is 0 Å². The Morgan fingerprint density at radius 3 is 2.60 bits per heavy atom. The number of nitrogens with one attached hydrogen (secondary N) is 1. The van der Waals surface area contributed by atoms with Gasteiger partial charge in [-0.25, -0.2) is 0 Å². The molecule has 0 aromatic rings. The van der Waals surface area contributed by atoms with Crippen LogP contribution in [0.4, 0.5) is 0 Å². The normalized spacial score (nSPS) is 27.4. The highest BCUT2D eigenvalue weighted by Crippen LogP contribution is 2.39. The lowest BCUT2D eigenvalue weighted by Gasteiger charge is -2.35. The van der Waals surface area contributed by atoms with Crippen molar-refractivity contribution in [2.75, 3.05) is 13.1 Å². The monoisotopic (exact) mass is 276 g/mol. The van der Waals surface area contributed by atoms with Crippen LogP contribution in [0.2, 0.25) is 0 Å². The van der Waals surface area contributed by atoms with E-state index in [1.165, 1.54) is 0 Å². The van der Waals surface area contributed by atoms with Crippen molar-refractivity contribution in [3.05, 3.63) is 22.8 Å². The molecule has 0 saturated heterocycles. The Hall–Kier alpha value is -1.42. The molecule has 4 heteroatoms. The smallest absolute Gasteiger partial charge is 0.185 e. The largest absolute Gasteiger partial charge is 0.382 e. The fourth-order valence-electron chi connectivity index (χ4n) is 2.75. The van der Waals surface area contributed by atoms with E-state index in [2.05, 4.69) is 10.3 Å². The van der Waals surface area contributed by atoms with E-state index >= 15 is 0 Å². The molecule has 2 N–H and O–H groups in total. The van der Waals surface area contributed by atoms with Gasteiger partial charge in [-0.1, -0.05) is 20.8 Å². The van der Waals surface area contributed by atoms with Crippen molar-refractivity contribution < 1.29 is 9.90 Å². The second-order valence-electron chi connectivity index (χ2n) is 6.82. The molecule has 2 rings (SSSR count). The van der Waals surface area contributed by atoms with Gasteiger partial charge in [-0.15, -0.1) is 0 Å². The van der Waals surface area contributed by atoms with E-state index in [0.717, 1.165) is 24.5 Å². The highest BCUT2D eigenvalue weighted by molar-refractivity contribution is 6.11. The number of carbonyl (C=O) groups is 1. The summed E-state index contributed by atoms with van der Waals surface area (Å²) in [5, 5.41) is 13.9. The number of Topliss-reactive ketones (excluding diaryl/α,β-unsaturated/α-hetero) is 1. The number of aliphatic hydroxyl groups is 1. The third-order valence-electron chi connectivity index (χ3n) is 3.97. The Balaban J connectivity index is 2.38. The predicted molar refractivity (Wildman–Crippen MR) is 80.8 cm³/mol. The topological polar surface area (TPSA) is 61.7 Å². The third kappa shape index (κ3) is 2.70. The van der Waals surface area contributed by atoms with Crippen molar-refractivity contribution >= 4 is 11.6 Å². The maximum atomic E-state index is 12.5. The van der Waals surface area contributed by atoms with Gasteiger partial charge in [-0.3, -0.25) is 9.79 Å². The van der Waals surface area contributed by atoms with E-state index in [1.54, 1.807) is 19.9 Å². The summed E-state index contributed by atoms with van der Waals surface area (Å²) in [4.78, 5) is 16.9. The van der Waals surface area contributed by atoms with Crippen LogP contribution in [0, 0.1) is 5.41 Å². The number of ketones is 1. The number of allylic oxidation sites excluding steroid dienone is 2. The van der Waals surface area contributed by atoms with Crippen LogP contribution in [0.25, 0.3) is 0 Å². The van der Waals surface area contributed by atoms with Crippen LogP contribution in [-0.2, 0) is 4.79 Å². The molecular formula is C16H24N2O2. The summed E-state index contributed by atoms with van der Waals surface area (Å²) in [7, 11) is 0. The van der Waals surface area contributed by atoms with Gasteiger partial charge in [0.05, 0.1) is 6.54 Å². The SMILES string of the molecule is CC1=C(CC2=NCCN2)C(C)(O)C=C(C(C)(C)C)C1=O. The molecule has 110 valence electrons. The molecule has 0 fully saturated rings. The summed E-state index contributed by atoms with van der Waals surface area (Å²) >= 11 is 0. The Morgan fingerprint density at radius 1 is 1.45 bits per heavy atom. The molecule has 1 unspecified atom stereocenters. The fourth-order valence-corrected chi connectivity index (χ4v) is 2.75. The predicted octanol–water partition coefficient (Wildman–Crippen LogP) is 2.00. The molecule has 2 aliphatic rings. The molecule has 0 aromatic carbocycles. The van der Waals surface area contributed by atoms with Gasteiger partial charge in [0.2, 0.25) is 0 Å². The second-order valence-corrected chi connectivity index (χ2v) is 6.82. The quantitative estimate of drug-likeness (QED) is 0.811. The van der Waals surface area contributed by atoms with E-state index in [4.69, 9.17) is 0 Å². The van der Waals surface area contributed by atoms with Crippen molar-refractivity contribution in [3.63, 3.8) is 0 Å². The van der Waals surface area contributed by atoms with Crippen LogP contribution in [0.3, 0.4) is 0 Å². The maximum Gasteiger partial charge on any atom is 0.185 e. The lowest BCUT2D eigenvalue weighted by atomic mass is 9.72. The van der Waals surface area contributed by atoms with Crippen molar-refractivity contribution in [1.82, 2.24) is 5.32 Å². The standard InChI is InChI=1S/C16H24N2O2/c1-10-11(8-13-17-6-7-18-13)16(5,20)9-12(14(10)19)15(2,3)4/h9,20H,6-8H2,1-5H3,(H,17,18). The van der Waals surface area contributed by atoms with Crippen LogP contribution in [-0.4, -0.2) is 35.4 Å². The van der Waals surface area contributed by atoms with Crippen molar-refractivity contribution in [1.29, 1.82) is 0 Å². The van der Waals surface area contributed by atoms with Gasteiger partial charge in [0.1, 0.15) is 11.4 Å². The van der Waals surface area contributed by atoms with E-state index in [-0.39, 0.29) is 11.2 Å². The van der Waals surface area contributed by atoms with E-state index in [9.17, 15) is 9.90 Å². The first-order chi connectivity index (χ1) is 9.13. The molecule has 0 radical (unpaired) electrons. The van der Waals surface area contributed by atoms with Gasteiger partial charge < -0.3 is 10.4 Å². The molecule has 0 saturated carbocycles. The number of rotatable bonds is 2. The highest BCUT2D eigenvalue weighted by atomic mass is 16.3. The molecule has 0 aromatic heterocycles. The first kappa shape index (κ1) is 15.0. The number of nitrogens with zero attached hydrogens (tertiary/aromatic N) is 1. The lowest BCUT2D eigenvalue weighted by Crippen LogP contribution is -2.37. The highest BCUT2D eigenvalue weighted by Gasteiger charge is 2.38. The minimum Gasteiger partial charge on any atom is -0.382 e. The Bertz CT molecular complexity index is 531. The molecule has 4 nitrogen and oxygen atoms in total. The number of aliphatic imine (C=N–C) groups is 1. The third-order valence-corrected chi connectivity index (χ3v) is 3.97. The molecule has 1 aliphatic heterocycles. The first-order valence-electron chi connectivity index (χ1n) is 7.11. The molecule has 1 heterocycles. The number of amidine groups is 1. The summed E-state index contributed by atoms with van der Waals surface area (Å²) in [6, 6.07) is 0. The fraction of sp³-hybridized carbons (Fsp3) is 0.625. The van der Waals surface area contributed by atoms with E-state index in [1.807, 2.05) is 20.8 Å². The van der Waals surface area contributed by atoms with E-state index < -0.39 is 5.60 Å². The summed E-state index contributed by atoms with van der Waals surface area (Å²) < 4.78 is 0. The van der Waals surface area contributed by atoms with Gasteiger partial charge in [-0.2, -0.15) is 0 Å². The van der Waals surface area contributed by atoms with Crippen molar-refractivity contribution in [2.24, 2.45) is 10.4 Å². The lowest BCUT2D eigenvalue weighted by molar-refractivity contribution is -0.113. The van der Waals surface area contributed by atoms with E-state index in [0.29, 0.717) is 17.6 Å². The van der Waals surface area contributed by atoms with Crippen molar-refractivity contribution in [3.8, 4) is 0 Å². The molecular weight excluding hydrogens is 252 g/mol. The molecule has 0 amide bonds. The Labute approximate surface area is 120 Å². The summed E-state index contributed by atoms with van der Waals surface area (Å²) in [6.45, 7) is 11.1. The van der Waals surface area contributed by atoms with Crippen LogP contribution < -0.4 is 5.32 Å².